The van der Waals surface area contributed by atoms with Gasteiger partial charge >= 0.3 is 0 Å². The number of nitrogens with one attached hydrogen (secondary N) is 1. The molecule has 1 N–H and O–H groups in total. The normalized spacial score (nSPS) is 10.7. The molecule has 0 radical (unpaired) electrons. The van der Waals surface area contributed by atoms with E-state index in [1.807, 2.05) is 49.7 Å². The molecule has 0 aliphatic carbocycles. The van der Waals surface area contributed by atoms with Crippen LogP contribution in [0.5, 0.6) is 0 Å². The minimum atomic E-state index is -0.0421. The Morgan fingerprint density at radius 3 is 2.63 bits per heavy atom. The van der Waals surface area contributed by atoms with Gasteiger partial charge in [-0.05, 0) is 12.5 Å². The molecule has 0 saturated carbocycles. The topological polar surface area (TPSA) is 46.9 Å². The van der Waals surface area contributed by atoms with Gasteiger partial charge in [-0.3, -0.25) is 9.48 Å². The van der Waals surface area contributed by atoms with E-state index in [1.165, 1.54) is 5.56 Å². The summed E-state index contributed by atoms with van der Waals surface area (Å²) in [5, 5.41) is 7.23. The number of nitrogens with zero attached hydrogens (tertiary/aromatic N) is 2. The molecule has 1 heterocycles. The third-order valence-corrected chi connectivity index (χ3v) is 2.93. The molecule has 2 rings (SSSR count). The molecule has 0 aliphatic rings. The van der Waals surface area contributed by atoms with E-state index in [1.54, 1.807) is 0 Å². The van der Waals surface area contributed by atoms with Crippen LogP contribution in [0, 0.1) is 12.8 Å². The number of rotatable bonds is 4. The number of anilines is 1. The van der Waals surface area contributed by atoms with Crippen molar-refractivity contribution in [3.05, 3.63) is 47.7 Å². The van der Waals surface area contributed by atoms with E-state index in [4.69, 9.17) is 0 Å². The predicted octanol–water partition coefficient (Wildman–Crippen LogP) is 2.83. The summed E-state index contributed by atoms with van der Waals surface area (Å²) in [6, 6.07) is 12.0. The Morgan fingerprint density at radius 1 is 1.32 bits per heavy atom. The first-order valence-corrected chi connectivity index (χ1v) is 6.45. The number of carbonyl (C=O) groups is 1. The highest BCUT2D eigenvalue weighted by Crippen LogP contribution is 2.12. The molecule has 0 saturated heterocycles. The van der Waals surface area contributed by atoms with Gasteiger partial charge < -0.3 is 5.32 Å². The summed E-state index contributed by atoms with van der Waals surface area (Å²) in [5.41, 5.74) is 2.22. The fraction of sp³-hybridized carbons (Fsp3) is 0.333. The molecular weight excluding hydrogens is 238 g/mol. The number of hydrogen-bond donors (Lipinski definition) is 1. The number of aromatic nitrogens is 2. The molecule has 100 valence electrons. The average Bonchev–Trinajstić information content (AvgIpc) is 2.71. The maximum atomic E-state index is 11.6. The van der Waals surface area contributed by atoms with Gasteiger partial charge in [0.15, 0.2) is 5.82 Å². The van der Waals surface area contributed by atoms with E-state index in [9.17, 15) is 4.79 Å². The number of hydrogen-bond acceptors (Lipinski definition) is 2. The van der Waals surface area contributed by atoms with E-state index in [0.29, 0.717) is 12.4 Å². The van der Waals surface area contributed by atoms with E-state index in [2.05, 4.69) is 22.5 Å². The van der Waals surface area contributed by atoms with E-state index in [0.717, 1.165) is 5.69 Å². The molecule has 4 heteroatoms. The average molecular weight is 257 g/mol. The SMILES string of the molecule is Cc1cc(NC(=O)C(C)C)nn1Cc1ccccc1. The van der Waals surface area contributed by atoms with Gasteiger partial charge in [0, 0.05) is 17.7 Å². The van der Waals surface area contributed by atoms with Crippen LogP contribution in [0.25, 0.3) is 0 Å². The first kappa shape index (κ1) is 13.3. The fourth-order valence-electron chi connectivity index (χ4n) is 1.76. The zero-order chi connectivity index (χ0) is 13.8. The molecule has 0 spiro atoms. The summed E-state index contributed by atoms with van der Waals surface area (Å²) in [7, 11) is 0. The first-order valence-electron chi connectivity index (χ1n) is 6.45. The lowest BCUT2D eigenvalue weighted by Crippen LogP contribution is -2.18. The van der Waals surface area contributed by atoms with Gasteiger partial charge in [0.2, 0.25) is 5.91 Å². The summed E-state index contributed by atoms with van der Waals surface area (Å²) in [6.07, 6.45) is 0. The molecule has 0 atom stereocenters. The van der Waals surface area contributed by atoms with Gasteiger partial charge in [0.1, 0.15) is 0 Å². The first-order chi connectivity index (χ1) is 9.06. The summed E-state index contributed by atoms with van der Waals surface area (Å²) in [4.78, 5) is 11.6. The zero-order valence-electron chi connectivity index (χ0n) is 11.6. The van der Waals surface area contributed by atoms with Crippen molar-refractivity contribution in [2.45, 2.75) is 27.3 Å². The lowest BCUT2D eigenvalue weighted by molar-refractivity contribution is -0.118. The van der Waals surface area contributed by atoms with Crippen LogP contribution in [0.4, 0.5) is 5.82 Å². The Labute approximate surface area is 113 Å². The van der Waals surface area contributed by atoms with Crippen molar-refractivity contribution < 1.29 is 4.79 Å². The van der Waals surface area contributed by atoms with Crippen LogP contribution in [-0.2, 0) is 11.3 Å². The Hall–Kier alpha value is -2.10. The minimum Gasteiger partial charge on any atom is -0.309 e. The summed E-state index contributed by atoms with van der Waals surface area (Å²) in [6.45, 7) is 6.43. The Kier molecular flexibility index (Phi) is 4.00. The summed E-state index contributed by atoms with van der Waals surface area (Å²) in [5.74, 6) is 0.566. The smallest absolute Gasteiger partial charge is 0.228 e. The second kappa shape index (κ2) is 5.69. The number of benzene rings is 1. The fourth-order valence-corrected chi connectivity index (χ4v) is 1.76. The Balaban J connectivity index is 2.11. The van der Waals surface area contributed by atoms with Gasteiger partial charge in [-0.2, -0.15) is 5.10 Å². The minimum absolute atomic E-state index is 0.00985. The highest BCUT2D eigenvalue weighted by atomic mass is 16.1. The van der Waals surface area contributed by atoms with Crippen molar-refractivity contribution in [2.24, 2.45) is 5.92 Å². The zero-order valence-corrected chi connectivity index (χ0v) is 11.6. The van der Waals surface area contributed by atoms with Crippen LogP contribution in [-0.4, -0.2) is 15.7 Å². The van der Waals surface area contributed by atoms with Crippen molar-refractivity contribution in [2.75, 3.05) is 5.32 Å². The molecule has 0 aliphatic heterocycles. The van der Waals surface area contributed by atoms with E-state index in [-0.39, 0.29) is 11.8 Å². The van der Waals surface area contributed by atoms with Crippen LogP contribution < -0.4 is 5.32 Å². The van der Waals surface area contributed by atoms with Crippen LogP contribution in [0.3, 0.4) is 0 Å². The van der Waals surface area contributed by atoms with Crippen molar-refractivity contribution >= 4 is 11.7 Å². The lowest BCUT2D eigenvalue weighted by Gasteiger charge is -2.05. The molecular formula is C15H19N3O. The lowest BCUT2D eigenvalue weighted by atomic mass is 10.2. The molecule has 0 bridgehead atoms. The molecule has 1 aromatic carbocycles. The quantitative estimate of drug-likeness (QED) is 0.915. The van der Waals surface area contributed by atoms with Gasteiger partial charge in [-0.15, -0.1) is 0 Å². The third kappa shape index (κ3) is 3.44. The summed E-state index contributed by atoms with van der Waals surface area (Å²) >= 11 is 0. The Bertz CT molecular complexity index is 558. The van der Waals surface area contributed by atoms with E-state index >= 15 is 0 Å². The molecule has 0 unspecified atom stereocenters. The van der Waals surface area contributed by atoms with Crippen LogP contribution in [0.1, 0.15) is 25.1 Å². The maximum absolute atomic E-state index is 11.6. The highest BCUT2D eigenvalue weighted by molar-refractivity contribution is 5.91. The largest absolute Gasteiger partial charge is 0.309 e. The van der Waals surface area contributed by atoms with Gasteiger partial charge in [0.25, 0.3) is 0 Å². The molecule has 19 heavy (non-hydrogen) atoms. The Morgan fingerprint density at radius 2 is 2.00 bits per heavy atom. The van der Waals surface area contributed by atoms with Crippen molar-refractivity contribution in [3.8, 4) is 0 Å². The number of amides is 1. The number of carbonyl (C=O) groups excluding carboxylic acids is 1. The molecule has 1 amide bonds. The highest BCUT2D eigenvalue weighted by Gasteiger charge is 2.10. The number of aryl methyl sites for hydroxylation is 1. The van der Waals surface area contributed by atoms with Crippen LogP contribution in [0.15, 0.2) is 36.4 Å². The second-order valence-corrected chi connectivity index (χ2v) is 4.96. The standard InChI is InChI=1S/C15H19N3O/c1-11(2)15(19)16-14-9-12(3)18(17-14)10-13-7-5-4-6-8-13/h4-9,11H,10H2,1-3H3,(H,16,17,19). The molecule has 0 fully saturated rings. The summed E-state index contributed by atoms with van der Waals surface area (Å²) < 4.78 is 1.89. The van der Waals surface area contributed by atoms with Gasteiger partial charge in [0.05, 0.1) is 6.54 Å². The van der Waals surface area contributed by atoms with Crippen molar-refractivity contribution in [1.29, 1.82) is 0 Å². The van der Waals surface area contributed by atoms with Gasteiger partial charge in [-0.1, -0.05) is 44.2 Å². The van der Waals surface area contributed by atoms with Crippen LogP contribution in [0.2, 0.25) is 0 Å². The van der Waals surface area contributed by atoms with Crippen LogP contribution >= 0.6 is 0 Å². The second-order valence-electron chi connectivity index (χ2n) is 4.96. The molecule has 2 aromatic rings. The monoisotopic (exact) mass is 257 g/mol. The molecule has 4 nitrogen and oxygen atoms in total. The third-order valence-electron chi connectivity index (χ3n) is 2.93. The molecule has 1 aromatic heterocycles. The maximum Gasteiger partial charge on any atom is 0.228 e. The van der Waals surface area contributed by atoms with Crippen molar-refractivity contribution in [1.82, 2.24) is 9.78 Å². The predicted molar refractivity (Wildman–Crippen MR) is 76.0 cm³/mol. The van der Waals surface area contributed by atoms with E-state index < -0.39 is 0 Å². The van der Waals surface area contributed by atoms with Crippen molar-refractivity contribution in [3.63, 3.8) is 0 Å². The van der Waals surface area contributed by atoms with Gasteiger partial charge in [-0.25, -0.2) is 0 Å².